The Kier molecular flexibility index (Phi) is 4.16. The first-order valence-electron chi connectivity index (χ1n) is 6.60. The van der Waals surface area contributed by atoms with Gasteiger partial charge < -0.3 is 16.0 Å². The number of phenolic OH excluding ortho intramolecular Hbond substituents is 1. The van der Waals surface area contributed by atoms with Crippen LogP contribution >= 0.6 is 0 Å². The van der Waals surface area contributed by atoms with Crippen LogP contribution in [0.15, 0.2) is 29.4 Å². The van der Waals surface area contributed by atoms with Crippen LogP contribution in [0.3, 0.4) is 0 Å². The number of nitrogens with zero attached hydrogens (tertiary/aromatic N) is 3. The molecule has 0 saturated carbocycles. The first kappa shape index (κ1) is 15.6. The van der Waals surface area contributed by atoms with E-state index in [0.717, 1.165) is 11.6 Å². The summed E-state index contributed by atoms with van der Waals surface area (Å²) in [5, 5.41) is 25.6. The molecular weight excluding hydrogens is 287 g/mol. The summed E-state index contributed by atoms with van der Waals surface area (Å²) in [5.74, 6) is -0.899. The third kappa shape index (κ3) is 2.52. The van der Waals surface area contributed by atoms with E-state index in [-0.39, 0.29) is 17.3 Å². The number of hydrogen-bond donors (Lipinski definition) is 3. The standard InChI is InChI=1S/C15H17FN4O2/c1-4-8(2)14-13(15(17)19-22)9(3)18-20(14)12-6-5-10(21)7-11(12)16/h4-7,21-22H,1-3H3,(H2,17,19)/b8-4-. The molecule has 1 aromatic heterocycles. The fraction of sp³-hybridized carbons (Fsp3) is 0.200. The second-order valence-corrected chi connectivity index (χ2v) is 4.81. The predicted octanol–water partition coefficient (Wildman–Crippen LogP) is 2.54. The van der Waals surface area contributed by atoms with Crippen molar-refractivity contribution in [1.82, 2.24) is 9.78 Å². The van der Waals surface area contributed by atoms with Crippen molar-refractivity contribution in [2.75, 3.05) is 0 Å². The molecule has 0 aliphatic rings. The highest BCUT2D eigenvalue weighted by Gasteiger charge is 2.22. The van der Waals surface area contributed by atoms with Gasteiger partial charge in [0.1, 0.15) is 11.4 Å². The van der Waals surface area contributed by atoms with E-state index in [1.165, 1.54) is 16.8 Å². The van der Waals surface area contributed by atoms with Crippen LogP contribution in [0.25, 0.3) is 11.3 Å². The lowest BCUT2D eigenvalue weighted by Gasteiger charge is -2.10. The molecule has 22 heavy (non-hydrogen) atoms. The molecule has 0 spiro atoms. The first-order valence-corrected chi connectivity index (χ1v) is 6.60. The molecule has 6 nitrogen and oxygen atoms in total. The third-order valence-corrected chi connectivity index (χ3v) is 3.39. The van der Waals surface area contributed by atoms with E-state index in [2.05, 4.69) is 10.3 Å². The molecule has 1 heterocycles. The summed E-state index contributed by atoms with van der Waals surface area (Å²) in [4.78, 5) is 0. The van der Waals surface area contributed by atoms with Crippen LogP contribution in [0.4, 0.5) is 4.39 Å². The average molecular weight is 304 g/mol. The molecule has 2 aromatic rings. The predicted molar refractivity (Wildman–Crippen MR) is 81.8 cm³/mol. The molecular formula is C15H17FN4O2. The van der Waals surface area contributed by atoms with E-state index in [0.29, 0.717) is 17.0 Å². The van der Waals surface area contributed by atoms with Gasteiger partial charge in [-0.25, -0.2) is 9.07 Å². The molecule has 0 aliphatic heterocycles. The average Bonchev–Trinajstić information content (AvgIpc) is 2.82. The summed E-state index contributed by atoms with van der Waals surface area (Å²) in [6.45, 7) is 5.33. The summed E-state index contributed by atoms with van der Waals surface area (Å²) in [7, 11) is 0. The summed E-state index contributed by atoms with van der Waals surface area (Å²) >= 11 is 0. The number of benzene rings is 1. The number of nitrogens with two attached hydrogens (primary N) is 1. The monoisotopic (exact) mass is 304 g/mol. The maximum atomic E-state index is 14.2. The topological polar surface area (TPSA) is 96.7 Å². The molecule has 0 bridgehead atoms. The van der Waals surface area contributed by atoms with Crippen LogP contribution in [-0.4, -0.2) is 25.9 Å². The minimum atomic E-state index is -0.626. The van der Waals surface area contributed by atoms with E-state index >= 15 is 0 Å². The minimum Gasteiger partial charge on any atom is -0.508 e. The molecule has 0 atom stereocenters. The summed E-state index contributed by atoms with van der Waals surface area (Å²) < 4.78 is 15.5. The Morgan fingerprint density at radius 3 is 2.68 bits per heavy atom. The lowest BCUT2D eigenvalue weighted by atomic mass is 10.1. The normalized spacial score (nSPS) is 12.7. The fourth-order valence-electron chi connectivity index (χ4n) is 2.23. The van der Waals surface area contributed by atoms with Crippen molar-refractivity contribution >= 4 is 11.4 Å². The van der Waals surface area contributed by atoms with E-state index < -0.39 is 5.82 Å². The van der Waals surface area contributed by atoms with Gasteiger partial charge in [0.15, 0.2) is 11.7 Å². The van der Waals surface area contributed by atoms with Gasteiger partial charge in [0.25, 0.3) is 0 Å². The van der Waals surface area contributed by atoms with Gasteiger partial charge in [-0.05, 0) is 38.5 Å². The van der Waals surface area contributed by atoms with Crippen LogP contribution in [0, 0.1) is 12.7 Å². The lowest BCUT2D eigenvalue weighted by molar-refractivity contribution is 0.318. The number of amidine groups is 1. The van der Waals surface area contributed by atoms with Crippen molar-refractivity contribution in [3.8, 4) is 11.4 Å². The Bertz CT molecular complexity index is 778. The number of phenols is 1. The zero-order valence-corrected chi connectivity index (χ0v) is 12.5. The first-order chi connectivity index (χ1) is 10.4. The second-order valence-electron chi connectivity index (χ2n) is 4.81. The zero-order valence-electron chi connectivity index (χ0n) is 12.5. The van der Waals surface area contributed by atoms with Gasteiger partial charge >= 0.3 is 0 Å². The molecule has 116 valence electrons. The summed E-state index contributed by atoms with van der Waals surface area (Å²) in [6.07, 6.45) is 1.82. The van der Waals surface area contributed by atoms with E-state index in [1.807, 2.05) is 19.9 Å². The molecule has 0 amide bonds. The van der Waals surface area contributed by atoms with Gasteiger partial charge in [0.05, 0.1) is 17.0 Å². The molecule has 0 radical (unpaired) electrons. The summed E-state index contributed by atoms with van der Waals surface area (Å²) in [6, 6.07) is 3.79. The minimum absolute atomic E-state index is 0.0980. The van der Waals surface area contributed by atoms with Crippen LogP contribution in [0.5, 0.6) is 5.75 Å². The van der Waals surface area contributed by atoms with Crippen molar-refractivity contribution in [3.63, 3.8) is 0 Å². The number of aryl methyl sites for hydroxylation is 1. The van der Waals surface area contributed by atoms with Crippen LogP contribution in [0.1, 0.15) is 30.8 Å². The Balaban J connectivity index is 2.82. The number of allylic oxidation sites excluding steroid dienone is 2. The van der Waals surface area contributed by atoms with E-state index in [4.69, 9.17) is 10.9 Å². The Morgan fingerprint density at radius 1 is 1.45 bits per heavy atom. The van der Waals surface area contributed by atoms with Crippen molar-refractivity contribution in [3.05, 3.63) is 47.0 Å². The highest BCUT2D eigenvalue weighted by atomic mass is 19.1. The SMILES string of the molecule is C/C=C(/C)c1c(/C(N)=N/O)c(C)nn1-c1ccc(O)cc1F. The molecule has 2 rings (SSSR count). The van der Waals surface area contributed by atoms with Crippen molar-refractivity contribution in [2.45, 2.75) is 20.8 Å². The second kappa shape index (κ2) is 5.88. The van der Waals surface area contributed by atoms with Gasteiger partial charge in [-0.1, -0.05) is 11.2 Å². The fourth-order valence-corrected chi connectivity index (χ4v) is 2.23. The highest BCUT2D eigenvalue weighted by Crippen LogP contribution is 2.27. The number of halogens is 1. The largest absolute Gasteiger partial charge is 0.508 e. The van der Waals surface area contributed by atoms with E-state index in [9.17, 15) is 9.50 Å². The number of rotatable bonds is 3. The van der Waals surface area contributed by atoms with Gasteiger partial charge in [0.2, 0.25) is 0 Å². The van der Waals surface area contributed by atoms with Gasteiger partial charge in [-0.2, -0.15) is 5.10 Å². The van der Waals surface area contributed by atoms with Crippen LogP contribution < -0.4 is 5.73 Å². The van der Waals surface area contributed by atoms with Gasteiger partial charge in [0, 0.05) is 6.07 Å². The molecule has 0 aliphatic carbocycles. The van der Waals surface area contributed by atoms with Gasteiger partial charge in [-0.3, -0.25) is 0 Å². The molecule has 7 heteroatoms. The third-order valence-electron chi connectivity index (χ3n) is 3.39. The molecule has 1 aromatic carbocycles. The number of hydrogen-bond acceptors (Lipinski definition) is 4. The van der Waals surface area contributed by atoms with Crippen LogP contribution in [0.2, 0.25) is 0 Å². The zero-order chi connectivity index (χ0) is 16.4. The molecule has 0 unspecified atom stereocenters. The van der Waals surface area contributed by atoms with Gasteiger partial charge in [-0.15, -0.1) is 0 Å². The maximum absolute atomic E-state index is 14.2. The molecule has 0 fully saturated rings. The van der Waals surface area contributed by atoms with E-state index in [1.54, 1.807) is 6.92 Å². The maximum Gasteiger partial charge on any atom is 0.174 e. The Morgan fingerprint density at radius 2 is 2.14 bits per heavy atom. The highest BCUT2D eigenvalue weighted by molar-refractivity contribution is 6.02. The Labute approximate surface area is 127 Å². The summed E-state index contributed by atoms with van der Waals surface area (Å²) in [5.41, 5.74) is 8.14. The van der Waals surface area contributed by atoms with Crippen LogP contribution in [-0.2, 0) is 0 Å². The van der Waals surface area contributed by atoms with Crippen molar-refractivity contribution in [1.29, 1.82) is 0 Å². The smallest absolute Gasteiger partial charge is 0.174 e. The molecule has 0 saturated heterocycles. The van der Waals surface area contributed by atoms with Crippen molar-refractivity contribution in [2.24, 2.45) is 10.9 Å². The van der Waals surface area contributed by atoms with Crippen molar-refractivity contribution < 1.29 is 14.7 Å². The lowest BCUT2D eigenvalue weighted by Crippen LogP contribution is -2.16. The number of aromatic nitrogens is 2. The Hall–Kier alpha value is -2.83. The number of oxime groups is 1. The number of aromatic hydroxyl groups is 1. The molecule has 4 N–H and O–H groups in total. The quantitative estimate of drug-likeness (QED) is 0.351.